The van der Waals surface area contributed by atoms with Crippen LogP contribution >= 0.6 is 0 Å². The monoisotopic (exact) mass is 1210 g/mol. The Bertz CT molecular complexity index is 1770. The largest absolute Gasteiger partial charge is 0.477 e. The second-order valence-electron chi connectivity index (χ2n) is 23.6. The van der Waals surface area contributed by atoms with Crippen LogP contribution in [0.3, 0.4) is 0 Å². The number of hydrogen-bond donors (Lipinski definition) is 14. The molecular weight excluding hydrogens is 1100 g/mol. The van der Waals surface area contributed by atoms with E-state index in [4.69, 9.17) is 28.4 Å². The molecular formula is C61H112N2O21. The molecule has 3 rings (SSSR count). The first-order valence-electron chi connectivity index (χ1n) is 32.1. The molecule has 3 fully saturated rings. The standard InChI is InChI=1S/C61H112N2O21/c1-4-6-8-10-12-14-16-18-19-20-21-23-25-27-29-31-33-35-48(71)63-42(43(68)34-32-30-28-26-24-22-17-15-13-11-9-7-5-2)40-79-58-53(75)52(74)55(47(39-66)81-58)82-59-54(76)57(51(73)46(38-65)80-59)84-61(60(77)78)36-44(69)49(62-41(3)67)56(83-61)50(72)45(70)37-64/h32,34,42-47,49-59,64-66,68-70,72-76H,4-31,33,35-40H2,1-3H3,(H,62,67)(H,63,71)(H,77,78)/b34-32+/t42-,43+,44?,45+,46?,47?,49+,50+,51-,52+,53?,54?,55+,56?,57-,58+,59-,61-/m0/s1. The first-order chi connectivity index (χ1) is 40.4. The van der Waals surface area contributed by atoms with Gasteiger partial charge in [0.2, 0.25) is 11.8 Å². The highest BCUT2D eigenvalue weighted by Crippen LogP contribution is 2.38. The SMILES string of the molecule is CCCCCCCCCCCCC/C=C/[C@@H](O)[C@H](CO[C@@H]1OC(CO)[C@@H](O[C@@H]2OC(CO)[C@H](O)[C@H](O[C@]3(C(=O)O)CC(O)[C@@H](NC(C)=O)C([C@H](O)[C@H](O)CO)O3)C2O)[C@H](O)C1O)NC(=O)CCCCCCCCCCCCCCCCCCC. The Morgan fingerprint density at radius 3 is 1.58 bits per heavy atom. The van der Waals surface area contributed by atoms with Crippen LogP contribution in [0.1, 0.15) is 220 Å². The maximum Gasteiger partial charge on any atom is 0.364 e. The zero-order valence-electron chi connectivity index (χ0n) is 50.8. The van der Waals surface area contributed by atoms with Gasteiger partial charge in [0.1, 0.15) is 67.1 Å². The van der Waals surface area contributed by atoms with Gasteiger partial charge in [-0.15, -0.1) is 0 Å². The van der Waals surface area contributed by atoms with E-state index in [0.717, 1.165) is 51.9 Å². The second-order valence-corrected chi connectivity index (χ2v) is 23.6. The maximum absolute atomic E-state index is 13.4. The molecule has 18 atom stereocenters. The molecule has 3 heterocycles. The molecule has 0 radical (unpaired) electrons. The molecule has 2 amide bonds. The van der Waals surface area contributed by atoms with Crippen LogP contribution in [0.25, 0.3) is 0 Å². The van der Waals surface area contributed by atoms with E-state index < -0.39 is 155 Å². The van der Waals surface area contributed by atoms with Crippen molar-refractivity contribution in [3.8, 4) is 0 Å². The van der Waals surface area contributed by atoms with Crippen LogP contribution in [-0.2, 0) is 42.8 Å². The van der Waals surface area contributed by atoms with Crippen molar-refractivity contribution in [3.63, 3.8) is 0 Å². The molecule has 6 unspecified atom stereocenters. The Morgan fingerprint density at radius 2 is 1.11 bits per heavy atom. The number of allylic oxidation sites excluding steroid dienone is 1. The quantitative estimate of drug-likeness (QED) is 0.0303. The molecule has 0 aliphatic carbocycles. The normalized spacial score (nSPS) is 29.8. The molecule has 3 aliphatic rings. The molecule has 0 aromatic heterocycles. The van der Waals surface area contributed by atoms with Crippen LogP contribution in [-0.4, -0.2) is 215 Å². The average molecular weight is 1210 g/mol. The summed E-state index contributed by atoms with van der Waals surface area (Å²) in [6, 6.07) is -2.61. The molecule has 23 nitrogen and oxygen atoms in total. The molecule has 23 heteroatoms. The van der Waals surface area contributed by atoms with Gasteiger partial charge >= 0.3 is 5.97 Å². The Morgan fingerprint density at radius 1 is 0.619 bits per heavy atom. The van der Waals surface area contributed by atoms with E-state index >= 15 is 0 Å². The van der Waals surface area contributed by atoms with E-state index in [2.05, 4.69) is 24.5 Å². The lowest BCUT2D eigenvalue weighted by molar-refractivity contribution is -0.386. The third-order valence-electron chi connectivity index (χ3n) is 16.5. The first-order valence-corrected chi connectivity index (χ1v) is 32.1. The van der Waals surface area contributed by atoms with Crippen molar-refractivity contribution in [3.05, 3.63) is 12.2 Å². The number of carboxylic acids is 1. The van der Waals surface area contributed by atoms with Gasteiger partial charge in [0.05, 0.1) is 50.7 Å². The third-order valence-corrected chi connectivity index (χ3v) is 16.5. The van der Waals surface area contributed by atoms with Crippen LogP contribution in [0, 0.1) is 0 Å². The second kappa shape index (κ2) is 43.2. The molecule has 0 aromatic rings. The van der Waals surface area contributed by atoms with Crippen molar-refractivity contribution in [1.82, 2.24) is 10.6 Å². The van der Waals surface area contributed by atoms with Gasteiger partial charge in [-0.1, -0.05) is 193 Å². The van der Waals surface area contributed by atoms with Crippen LogP contribution in [0.15, 0.2) is 12.2 Å². The molecule has 0 bridgehead atoms. The summed E-state index contributed by atoms with van der Waals surface area (Å²) < 4.78 is 34.7. The summed E-state index contributed by atoms with van der Waals surface area (Å²) in [5, 5.41) is 136. The highest BCUT2D eigenvalue weighted by Gasteiger charge is 2.60. The minimum atomic E-state index is -3.08. The van der Waals surface area contributed by atoms with Gasteiger partial charge < -0.3 is 100 Å². The molecule has 84 heavy (non-hydrogen) atoms. The van der Waals surface area contributed by atoms with Gasteiger partial charge in [-0.3, -0.25) is 9.59 Å². The number of carboxylic acid groups (broad SMARTS) is 1. The average Bonchev–Trinajstić information content (AvgIpc) is 1.28. The molecule has 3 saturated heterocycles. The van der Waals surface area contributed by atoms with Gasteiger partial charge in [-0.2, -0.15) is 0 Å². The summed E-state index contributed by atoms with van der Waals surface area (Å²) in [4.78, 5) is 38.4. The number of aliphatic carboxylic acids is 1. The molecule has 0 saturated carbocycles. The van der Waals surface area contributed by atoms with Gasteiger partial charge in [-0.05, 0) is 19.3 Å². The van der Waals surface area contributed by atoms with Gasteiger partial charge in [-0.25, -0.2) is 4.79 Å². The minimum Gasteiger partial charge on any atom is -0.477 e. The highest BCUT2D eigenvalue weighted by molar-refractivity contribution is 5.77. The first kappa shape index (κ1) is 75.7. The Balaban J connectivity index is 1.64. The summed E-state index contributed by atoms with van der Waals surface area (Å²) >= 11 is 0. The lowest BCUT2D eigenvalue weighted by Gasteiger charge is -2.50. The lowest BCUT2D eigenvalue weighted by Crippen LogP contribution is -2.70. The van der Waals surface area contributed by atoms with E-state index in [0.29, 0.717) is 12.8 Å². The van der Waals surface area contributed by atoms with Gasteiger partial charge in [0.15, 0.2) is 12.6 Å². The fourth-order valence-corrected chi connectivity index (χ4v) is 11.3. The Kier molecular flexibility index (Phi) is 38.9. The number of carbonyl (C=O) groups is 3. The summed E-state index contributed by atoms with van der Waals surface area (Å²) in [6.45, 7) is 2.11. The van der Waals surface area contributed by atoms with Crippen molar-refractivity contribution >= 4 is 17.8 Å². The number of rotatable bonds is 47. The van der Waals surface area contributed by atoms with Crippen molar-refractivity contribution in [2.45, 2.75) is 330 Å². The smallest absolute Gasteiger partial charge is 0.364 e. The predicted octanol–water partition coefficient (Wildman–Crippen LogP) is 3.95. The van der Waals surface area contributed by atoms with Crippen LogP contribution < -0.4 is 10.6 Å². The van der Waals surface area contributed by atoms with Gasteiger partial charge in [0.25, 0.3) is 5.79 Å². The van der Waals surface area contributed by atoms with Crippen LogP contribution in [0.2, 0.25) is 0 Å². The summed E-state index contributed by atoms with van der Waals surface area (Å²) in [5.74, 6) is -6.14. The zero-order chi connectivity index (χ0) is 61.9. The topological polar surface area (TPSA) is 373 Å². The minimum absolute atomic E-state index is 0.204. The number of aliphatic hydroxyl groups is 11. The van der Waals surface area contributed by atoms with Crippen LogP contribution in [0.5, 0.6) is 0 Å². The van der Waals surface area contributed by atoms with E-state index in [1.807, 2.05) is 6.08 Å². The number of aliphatic hydroxyl groups excluding tert-OH is 11. The van der Waals surface area contributed by atoms with E-state index in [1.54, 1.807) is 6.08 Å². The number of nitrogens with one attached hydrogen (secondary N) is 2. The number of amides is 2. The molecule has 3 aliphatic heterocycles. The highest BCUT2D eigenvalue weighted by atomic mass is 16.8. The number of ether oxygens (including phenoxy) is 6. The molecule has 0 aromatic carbocycles. The maximum atomic E-state index is 13.4. The Hall–Kier alpha value is -2.53. The molecule has 492 valence electrons. The lowest BCUT2D eigenvalue weighted by atomic mass is 9.88. The summed E-state index contributed by atoms with van der Waals surface area (Å²) in [5.41, 5.74) is 0. The van der Waals surface area contributed by atoms with Gasteiger partial charge in [0, 0.05) is 19.8 Å². The summed E-state index contributed by atoms with van der Waals surface area (Å²) in [6.07, 6.45) is 8.40. The molecule has 14 N–H and O–H groups in total. The van der Waals surface area contributed by atoms with Crippen molar-refractivity contribution in [2.24, 2.45) is 0 Å². The van der Waals surface area contributed by atoms with Crippen molar-refractivity contribution < 1.29 is 104 Å². The van der Waals surface area contributed by atoms with Crippen molar-refractivity contribution in [1.29, 1.82) is 0 Å². The number of hydrogen-bond acceptors (Lipinski definition) is 20. The van der Waals surface area contributed by atoms with Crippen LogP contribution in [0.4, 0.5) is 0 Å². The van der Waals surface area contributed by atoms with E-state index in [9.17, 15) is 75.7 Å². The molecule has 0 spiro atoms. The number of carbonyl (C=O) groups excluding carboxylic acids is 2. The third kappa shape index (κ3) is 26.7. The fourth-order valence-electron chi connectivity index (χ4n) is 11.3. The predicted molar refractivity (Wildman–Crippen MR) is 311 cm³/mol. The number of unbranched alkanes of at least 4 members (excludes halogenated alkanes) is 27. The van der Waals surface area contributed by atoms with E-state index in [1.165, 1.54) is 128 Å². The van der Waals surface area contributed by atoms with Crippen molar-refractivity contribution in [2.75, 3.05) is 26.4 Å². The van der Waals surface area contributed by atoms with E-state index in [-0.39, 0.29) is 12.3 Å². The summed E-state index contributed by atoms with van der Waals surface area (Å²) in [7, 11) is 0. The Labute approximate surface area is 499 Å². The zero-order valence-corrected chi connectivity index (χ0v) is 50.8. The fraction of sp³-hybridized carbons (Fsp3) is 0.918.